The topological polar surface area (TPSA) is 53.1 Å². The van der Waals surface area contributed by atoms with E-state index >= 15 is 0 Å². The maximum Gasteiger partial charge on any atom is 0.145 e. The number of aromatic nitrogens is 2. The number of anilines is 1. The molecular formula is C12H23N3OSi. The van der Waals surface area contributed by atoms with E-state index < -0.39 is 8.07 Å². The van der Waals surface area contributed by atoms with Crippen LogP contribution in [-0.4, -0.2) is 24.5 Å². The quantitative estimate of drug-likeness (QED) is 0.626. The second kappa shape index (κ2) is 4.82. The summed E-state index contributed by atoms with van der Waals surface area (Å²) in [5.74, 6) is 1.28. The van der Waals surface area contributed by atoms with Crippen molar-refractivity contribution < 1.29 is 4.74 Å². The van der Waals surface area contributed by atoms with E-state index in [2.05, 4.69) is 24.7 Å². The summed E-state index contributed by atoms with van der Waals surface area (Å²) in [7, 11) is -0.993. The second-order valence-corrected chi connectivity index (χ2v) is 11.7. The van der Waals surface area contributed by atoms with Crippen LogP contribution in [0.4, 0.5) is 5.82 Å². The molecule has 1 heterocycles. The van der Waals surface area contributed by atoms with Crippen molar-refractivity contribution in [1.82, 2.24) is 9.78 Å². The van der Waals surface area contributed by atoms with Gasteiger partial charge in [-0.05, 0) is 18.9 Å². The Kier molecular flexibility index (Phi) is 3.58. The van der Waals surface area contributed by atoms with Crippen LogP contribution < -0.4 is 5.73 Å². The zero-order chi connectivity index (χ0) is 12.5. The van der Waals surface area contributed by atoms with Crippen molar-refractivity contribution in [3.05, 3.63) is 11.8 Å². The molecule has 0 spiro atoms. The molecule has 0 aromatic carbocycles. The summed E-state index contributed by atoms with van der Waals surface area (Å²) < 4.78 is 7.64. The number of hydrogen-bond donors (Lipinski definition) is 1. The maximum atomic E-state index is 5.74. The first-order valence-electron chi connectivity index (χ1n) is 6.37. The number of nitrogens with zero attached hydrogens (tertiary/aromatic N) is 2. The van der Waals surface area contributed by atoms with Crippen LogP contribution in [0.5, 0.6) is 0 Å². The highest BCUT2D eigenvalue weighted by Crippen LogP contribution is 2.40. The van der Waals surface area contributed by atoms with Gasteiger partial charge in [0.2, 0.25) is 0 Å². The van der Waals surface area contributed by atoms with Crippen LogP contribution in [-0.2, 0) is 11.5 Å². The van der Waals surface area contributed by atoms with Gasteiger partial charge in [0.15, 0.2) is 0 Å². The van der Waals surface area contributed by atoms with Crippen LogP contribution in [0.2, 0.25) is 25.7 Å². The van der Waals surface area contributed by atoms with E-state index in [4.69, 9.17) is 10.5 Å². The summed E-state index contributed by atoms with van der Waals surface area (Å²) in [6.07, 6.45) is 2.53. The first kappa shape index (κ1) is 12.6. The van der Waals surface area contributed by atoms with E-state index in [1.807, 2.05) is 10.7 Å². The number of ether oxygens (including phenoxy) is 1. The number of nitrogens with two attached hydrogens (primary N) is 1. The largest absolute Gasteiger partial charge is 0.382 e. The number of hydrogen-bond acceptors (Lipinski definition) is 3. The standard InChI is InChI=1S/C12H23N3OSi/c1-17(2,3)7-6-16-9-15-11(10-4-5-10)8-12(13)14-15/h8,10H,4-7,9H2,1-3H3,(H2,13,14). The molecule has 0 atom stereocenters. The van der Waals surface area contributed by atoms with Gasteiger partial charge in [0, 0.05) is 32.4 Å². The molecule has 0 unspecified atom stereocenters. The van der Waals surface area contributed by atoms with Gasteiger partial charge in [0.05, 0.1) is 0 Å². The van der Waals surface area contributed by atoms with Crippen LogP contribution in [0.25, 0.3) is 0 Å². The van der Waals surface area contributed by atoms with Crippen molar-refractivity contribution in [2.45, 2.75) is 51.2 Å². The molecule has 0 bridgehead atoms. The molecule has 0 saturated heterocycles. The van der Waals surface area contributed by atoms with Crippen molar-refractivity contribution in [3.8, 4) is 0 Å². The molecule has 1 fully saturated rings. The van der Waals surface area contributed by atoms with E-state index in [-0.39, 0.29) is 0 Å². The van der Waals surface area contributed by atoms with Gasteiger partial charge in [0.25, 0.3) is 0 Å². The van der Waals surface area contributed by atoms with E-state index in [0.29, 0.717) is 18.5 Å². The first-order chi connectivity index (χ1) is 7.96. The highest BCUT2D eigenvalue weighted by Gasteiger charge is 2.27. The second-order valence-electron chi connectivity index (χ2n) is 6.12. The first-order valence-corrected chi connectivity index (χ1v) is 10.1. The smallest absolute Gasteiger partial charge is 0.145 e. The molecule has 5 heteroatoms. The minimum absolute atomic E-state index is 0.549. The lowest BCUT2D eigenvalue weighted by molar-refractivity contribution is 0.0767. The Morgan fingerprint density at radius 3 is 2.76 bits per heavy atom. The lowest BCUT2D eigenvalue weighted by Gasteiger charge is -2.15. The highest BCUT2D eigenvalue weighted by atomic mass is 28.3. The fourth-order valence-electron chi connectivity index (χ4n) is 1.79. The van der Waals surface area contributed by atoms with Crippen LogP contribution in [0.3, 0.4) is 0 Å². The molecule has 1 aromatic rings. The molecule has 96 valence electrons. The summed E-state index contributed by atoms with van der Waals surface area (Å²) in [5, 5.41) is 4.29. The van der Waals surface area contributed by atoms with Crippen molar-refractivity contribution in [2.75, 3.05) is 12.3 Å². The Hall–Kier alpha value is -0.813. The lowest BCUT2D eigenvalue weighted by Crippen LogP contribution is -2.22. The minimum Gasteiger partial charge on any atom is -0.382 e. The normalized spacial score (nSPS) is 16.4. The zero-order valence-corrected chi connectivity index (χ0v) is 12.1. The summed E-state index contributed by atoms with van der Waals surface area (Å²) >= 11 is 0. The summed E-state index contributed by atoms with van der Waals surface area (Å²) in [4.78, 5) is 0. The van der Waals surface area contributed by atoms with Gasteiger partial charge in [-0.3, -0.25) is 0 Å². The summed E-state index contributed by atoms with van der Waals surface area (Å²) in [5.41, 5.74) is 6.98. The molecule has 0 radical (unpaired) electrons. The molecular weight excluding hydrogens is 230 g/mol. The molecule has 1 aliphatic rings. The van der Waals surface area contributed by atoms with Gasteiger partial charge in [-0.2, -0.15) is 5.10 Å². The molecule has 4 nitrogen and oxygen atoms in total. The molecule has 0 amide bonds. The number of nitrogen functional groups attached to an aromatic ring is 1. The summed E-state index contributed by atoms with van der Waals surface area (Å²) in [6.45, 7) is 8.46. The van der Waals surface area contributed by atoms with Crippen molar-refractivity contribution in [1.29, 1.82) is 0 Å². The SMILES string of the molecule is C[Si](C)(C)CCOCn1nc(N)cc1C1CC1. The van der Waals surface area contributed by atoms with Gasteiger partial charge in [0.1, 0.15) is 12.5 Å². The molecule has 17 heavy (non-hydrogen) atoms. The lowest BCUT2D eigenvalue weighted by atomic mass is 10.3. The molecule has 1 saturated carbocycles. The average molecular weight is 253 g/mol. The Morgan fingerprint density at radius 2 is 2.18 bits per heavy atom. The van der Waals surface area contributed by atoms with Crippen molar-refractivity contribution in [3.63, 3.8) is 0 Å². The maximum absolute atomic E-state index is 5.74. The predicted octanol–water partition coefficient (Wildman–Crippen LogP) is 2.66. The highest BCUT2D eigenvalue weighted by molar-refractivity contribution is 6.76. The Labute approximate surface area is 104 Å². The predicted molar refractivity (Wildman–Crippen MR) is 72.7 cm³/mol. The van der Waals surface area contributed by atoms with Crippen LogP contribution in [0.1, 0.15) is 24.5 Å². The Morgan fingerprint density at radius 1 is 1.47 bits per heavy atom. The zero-order valence-electron chi connectivity index (χ0n) is 11.1. The van der Waals surface area contributed by atoms with Gasteiger partial charge in [-0.15, -0.1) is 0 Å². The van der Waals surface area contributed by atoms with Crippen molar-refractivity contribution in [2.24, 2.45) is 0 Å². The molecule has 0 aliphatic heterocycles. The summed E-state index contributed by atoms with van der Waals surface area (Å²) in [6, 6.07) is 3.18. The van der Waals surface area contributed by atoms with Crippen molar-refractivity contribution >= 4 is 13.9 Å². The van der Waals surface area contributed by atoms with Gasteiger partial charge in [-0.1, -0.05) is 19.6 Å². The third kappa shape index (κ3) is 3.85. The van der Waals surface area contributed by atoms with Crippen LogP contribution >= 0.6 is 0 Å². The van der Waals surface area contributed by atoms with Crippen LogP contribution in [0, 0.1) is 0 Å². The van der Waals surface area contributed by atoms with Gasteiger partial charge in [-0.25, -0.2) is 4.68 Å². The van der Waals surface area contributed by atoms with E-state index in [0.717, 1.165) is 6.61 Å². The van der Waals surface area contributed by atoms with E-state index in [1.54, 1.807) is 0 Å². The molecule has 1 aromatic heterocycles. The third-order valence-electron chi connectivity index (χ3n) is 3.04. The fraction of sp³-hybridized carbons (Fsp3) is 0.750. The van der Waals surface area contributed by atoms with Gasteiger partial charge >= 0.3 is 0 Å². The van der Waals surface area contributed by atoms with Crippen LogP contribution in [0.15, 0.2) is 6.07 Å². The average Bonchev–Trinajstić information content (AvgIpc) is 2.97. The minimum atomic E-state index is -0.993. The molecule has 2 N–H and O–H groups in total. The third-order valence-corrected chi connectivity index (χ3v) is 4.74. The number of rotatable bonds is 6. The van der Waals surface area contributed by atoms with Gasteiger partial charge < -0.3 is 10.5 Å². The van der Waals surface area contributed by atoms with E-state index in [9.17, 15) is 0 Å². The Bertz CT molecular complexity index is 380. The fourth-order valence-corrected chi connectivity index (χ4v) is 2.55. The Balaban J connectivity index is 1.82. The monoisotopic (exact) mass is 253 g/mol. The molecule has 1 aliphatic carbocycles. The van der Waals surface area contributed by atoms with E-state index in [1.165, 1.54) is 24.6 Å². The molecule has 2 rings (SSSR count).